The summed E-state index contributed by atoms with van der Waals surface area (Å²) in [5.74, 6) is 0.0616. The highest BCUT2D eigenvalue weighted by Crippen LogP contribution is 2.37. The van der Waals surface area contributed by atoms with Crippen LogP contribution >= 0.6 is 0 Å². The molecule has 0 radical (unpaired) electrons. The lowest BCUT2D eigenvalue weighted by Crippen LogP contribution is -2.48. The van der Waals surface area contributed by atoms with Crippen LogP contribution in [0.4, 0.5) is 0 Å². The van der Waals surface area contributed by atoms with E-state index >= 15 is 0 Å². The Kier molecular flexibility index (Phi) is 5.99. The molecule has 0 aliphatic carbocycles. The summed E-state index contributed by atoms with van der Waals surface area (Å²) in [6.07, 6.45) is 1.34. The van der Waals surface area contributed by atoms with Gasteiger partial charge in [0, 0.05) is 6.42 Å². The monoisotopic (exact) mass is 371 g/mol. The van der Waals surface area contributed by atoms with Gasteiger partial charge in [0.1, 0.15) is 5.54 Å². The first kappa shape index (κ1) is 19.9. The number of benzene rings is 3. The molecule has 3 rings (SSSR count). The van der Waals surface area contributed by atoms with Gasteiger partial charge in [-0.25, -0.2) is 0 Å². The molecule has 0 aromatic heterocycles. The number of rotatable bonds is 6. The second kappa shape index (κ2) is 8.43. The Balaban J connectivity index is 2.13. The molecule has 1 N–H and O–H groups in total. The molecule has 2 nitrogen and oxygen atoms in total. The summed E-state index contributed by atoms with van der Waals surface area (Å²) >= 11 is 0. The molecule has 0 aliphatic rings. The maximum absolute atomic E-state index is 13.1. The van der Waals surface area contributed by atoms with E-state index in [2.05, 4.69) is 62.5 Å². The Hall–Kier alpha value is -2.87. The first-order chi connectivity index (χ1) is 13.4. The maximum Gasteiger partial charge on any atom is 0.221 e. The smallest absolute Gasteiger partial charge is 0.221 e. The van der Waals surface area contributed by atoms with Crippen molar-refractivity contribution in [3.8, 4) is 0 Å². The predicted octanol–water partition coefficient (Wildman–Crippen LogP) is 5.92. The molecule has 0 saturated heterocycles. The second-order valence-electron chi connectivity index (χ2n) is 8.46. The lowest BCUT2D eigenvalue weighted by molar-refractivity contribution is -0.122. The summed E-state index contributed by atoms with van der Waals surface area (Å²) in [6.45, 7) is 6.50. The third-order valence-electron chi connectivity index (χ3n) is 5.05. The van der Waals surface area contributed by atoms with Crippen molar-refractivity contribution in [2.75, 3.05) is 0 Å². The first-order valence-electron chi connectivity index (χ1n) is 9.89. The van der Waals surface area contributed by atoms with Gasteiger partial charge in [0.15, 0.2) is 0 Å². The number of carbonyl (C=O) groups is 1. The van der Waals surface area contributed by atoms with Gasteiger partial charge in [0.25, 0.3) is 0 Å². The number of amides is 1. The standard InChI is InChI=1S/C26H29NO/c1-25(2,3)20-19-24(28)27-26(21-13-7-4-8-14-21,22-15-9-5-10-16-22)23-17-11-6-12-18-23/h4-18H,19-20H2,1-3H3,(H,27,28). The summed E-state index contributed by atoms with van der Waals surface area (Å²) in [6, 6.07) is 30.7. The van der Waals surface area contributed by atoms with Crippen LogP contribution in [0.5, 0.6) is 0 Å². The lowest BCUT2D eigenvalue weighted by atomic mass is 9.76. The number of carbonyl (C=O) groups excluding carboxylic acids is 1. The van der Waals surface area contributed by atoms with E-state index in [4.69, 9.17) is 0 Å². The van der Waals surface area contributed by atoms with Crippen molar-refractivity contribution >= 4 is 5.91 Å². The van der Waals surface area contributed by atoms with E-state index in [0.29, 0.717) is 6.42 Å². The van der Waals surface area contributed by atoms with Gasteiger partial charge in [-0.3, -0.25) is 4.79 Å². The van der Waals surface area contributed by atoms with Gasteiger partial charge in [-0.2, -0.15) is 0 Å². The Morgan fingerprint density at radius 2 is 1.04 bits per heavy atom. The Morgan fingerprint density at radius 3 is 1.36 bits per heavy atom. The molecule has 0 fully saturated rings. The molecule has 144 valence electrons. The van der Waals surface area contributed by atoms with Crippen molar-refractivity contribution in [2.45, 2.75) is 39.2 Å². The number of nitrogens with one attached hydrogen (secondary N) is 1. The minimum absolute atomic E-state index is 0.0616. The van der Waals surface area contributed by atoms with Gasteiger partial charge < -0.3 is 5.32 Å². The molecular weight excluding hydrogens is 342 g/mol. The van der Waals surface area contributed by atoms with E-state index in [0.717, 1.165) is 23.1 Å². The van der Waals surface area contributed by atoms with Crippen LogP contribution in [0.15, 0.2) is 91.0 Å². The Bertz CT molecular complexity index is 783. The molecule has 0 heterocycles. The molecule has 2 heteroatoms. The maximum atomic E-state index is 13.1. The van der Waals surface area contributed by atoms with E-state index in [9.17, 15) is 4.79 Å². The van der Waals surface area contributed by atoms with Crippen molar-refractivity contribution in [2.24, 2.45) is 5.41 Å². The van der Waals surface area contributed by atoms with Crippen molar-refractivity contribution < 1.29 is 4.79 Å². The van der Waals surface area contributed by atoms with E-state index in [1.54, 1.807) is 0 Å². The van der Waals surface area contributed by atoms with Crippen LogP contribution in [0.25, 0.3) is 0 Å². The van der Waals surface area contributed by atoms with Gasteiger partial charge in [-0.05, 0) is 28.5 Å². The Morgan fingerprint density at radius 1 is 0.679 bits per heavy atom. The fraction of sp³-hybridized carbons (Fsp3) is 0.269. The van der Waals surface area contributed by atoms with Gasteiger partial charge in [0.05, 0.1) is 0 Å². The zero-order chi connectivity index (χ0) is 20.0. The Labute approximate surface area is 168 Å². The van der Waals surface area contributed by atoms with Crippen molar-refractivity contribution in [1.29, 1.82) is 0 Å². The summed E-state index contributed by atoms with van der Waals surface area (Å²) < 4.78 is 0. The molecule has 0 bridgehead atoms. The minimum Gasteiger partial charge on any atom is -0.338 e. The zero-order valence-electron chi connectivity index (χ0n) is 17.0. The second-order valence-corrected chi connectivity index (χ2v) is 8.46. The summed E-state index contributed by atoms with van der Waals surface area (Å²) in [5, 5.41) is 3.41. The zero-order valence-corrected chi connectivity index (χ0v) is 17.0. The van der Waals surface area contributed by atoms with Crippen molar-refractivity contribution in [3.63, 3.8) is 0 Å². The molecule has 0 aliphatic heterocycles. The summed E-state index contributed by atoms with van der Waals surface area (Å²) in [4.78, 5) is 13.1. The van der Waals surface area contributed by atoms with Crippen LogP contribution in [-0.2, 0) is 10.3 Å². The molecule has 3 aromatic rings. The largest absolute Gasteiger partial charge is 0.338 e. The van der Waals surface area contributed by atoms with Crippen molar-refractivity contribution in [3.05, 3.63) is 108 Å². The molecule has 0 unspecified atom stereocenters. The fourth-order valence-electron chi connectivity index (χ4n) is 3.54. The molecule has 3 aromatic carbocycles. The summed E-state index contributed by atoms with van der Waals surface area (Å²) in [5.41, 5.74) is 2.55. The topological polar surface area (TPSA) is 29.1 Å². The van der Waals surface area contributed by atoms with Gasteiger partial charge in [-0.15, -0.1) is 0 Å². The average Bonchev–Trinajstić information content (AvgIpc) is 2.72. The molecule has 0 spiro atoms. The number of hydrogen-bond acceptors (Lipinski definition) is 1. The third kappa shape index (κ3) is 4.51. The van der Waals surface area contributed by atoms with E-state index in [1.807, 2.05) is 54.6 Å². The highest BCUT2D eigenvalue weighted by molar-refractivity contribution is 5.79. The van der Waals surface area contributed by atoms with Gasteiger partial charge in [0.2, 0.25) is 5.91 Å². The van der Waals surface area contributed by atoms with Gasteiger partial charge >= 0.3 is 0 Å². The highest BCUT2D eigenvalue weighted by atomic mass is 16.1. The van der Waals surface area contributed by atoms with E-state index in [-0.39, 0.29) is 11.3 Å². The van der Waals surface area contributed by atoms with Crippen LogP contribution in [0, 0.1) is 5.41 Å². The average molecular weight is 372 g/mol. The molecule has 1 amide bonds. The SMILES string of the molecule is CC(C)(C)CCC(=O)NC(c1ccccc1)(c1ccccc1)c1ccccc1. The van der Waals surface area contributed by atoms with Crippen LogP contribution in [0.1, 0.15) is 50.3 Å². The quantitative estimate of drug-likeness (QED) is 0.535. The fourth-order valence-corrected chi connectivity index (χ4v) is 3.54. The highest BCUT2D eigenvalue weighted by Gasteiger charge is 2.37. The third-order valence-corrected chi connectivity index (χ3v) is 5.05. The molecule has 0 atom stereocenters. The van der Waals surface area contributed by atoms with Crippen LogP contribution in [0.3, 0.4) is 0 Å². The van der Waals surface area contributed by atoms with Crippen LogP contribution in [0.2, 0.25) is 0 Å². The van der Waals surface area contributed by atoms with E-state index in [1.165, 1.54) is 0 Å². The van der Waals surface area contributed by atoms with Crippen LogP contribution < -0.4 is 5.32 Å². The lowest BCUT2D eigenvalue weighted by Gasteiger charge is -2.37. The minimum atomic E-state index is -0.723. The predicted molar refractivity (Wildman–Crippen MR) is 116 cm³/mol. The number of hydrogen-bond donors (Lipinski definition) is 1. The molecule has 28 heavy (non-hydrogen) atoms. The first-order valence-corrected chi connectivity index (χ1v) is 9.89. The molecular formula is C26H29NO. The van der Waals surface area contributed by atoms with Gasteiger partial charge in [-0.1, -0.05) is 112 Å². The van der Waals surface area contributed by atoms with Crippen molar-refractivity contribution in [1.82, 2.24) is 5.32 Å². The van der Waals surface area contributed by atoms with E-state index < -0.39 is 5.54 Å². The summed E-state index contributed by atoms with van der Waals surface area (Å²) in [7, 11) is 0. The normalized spacial score (nSPS) is 11.8. The van der Waals surface area contributed by atoms with Crippen LogP contribution in [-0.4, -0.2) is 5.91 Å². The molecule has 0 saturated carbocycles.